The van der Waals surface area contributed by atoms with Crippen LogP contribution in [0.1, 0.15) is 22.0 Å². The maximum Gasteiger partial charge on any atom is 0.129 e. The van der Waals surface area contributed by atoms with Gasteiger partial charge in [0.15, 0.2) is 0 Å². The van der Waals surface area contributed by atoms with E-state index in [1.165, 1.54) is 0 Å². The Labute approximate surface area is 110 Å². The molecule has 2 nitrogen and oxygen atoms in total. The third kappa shape index (κ3) is 2.54. The minimum Gasteiger partial charge on any atom is -0.496 e. The summed E-state index contributed by atoms with van der Waals surface area (Å²) in [5.41, 5.74) is 1.59. The van der Waals surface area contributed by atoms with Crippen molar-refractivity contribution in [2.45, 2.75) is 13.0 Å². The van der Waals surface area contributed by atoms with Crippen molar-refractivity contribution in [3.05, 3.63) is 51.5 Å². The van der Waals surface area contributed by atoms with Crippen LogP contribution in [0.15, 0.2) is 29.6 Å². The number of thiophene rings is 1. The number of aryl methyl sites for hydroxylation is 1. The topological polar surface area (TPSA) is 21.3 Å². The average molecular weight is 265 g/mol. The molecule has 1 N–H and O–H groups in total. The van der Waals surface area contributed by atoms with Crippen molar-refractivity contribution in [3.63, 3.8) is 0 Å². The molecule has 0 amide bonds. The molecule has 2 aromatic rings. The van der Waals surface area contributed by atoms with Gasteiger partial charge < -0.3 is 10.1 Å². The van der Waals surface area contributed by atoms with E-state index in [0.29, 0.717) is 5.56 Å². The highest BCUT2D eigenvalue weighted by Crippen LogP contribution is 2.31. The molecule has 0 bridgehead atoms. The van der Waals surface area contributed by atoms with E-state index >= 15 is 0 Å². The minimum absolute atomic E-state index is 0.00556. The molecule has 1 unspecified atom stereocenters. The number of nitrogens with one attached hydrogen (secondary N) is 1. The molecule has 18 heavy (non-hydrogen) atoms. The molecule has 1 heterocycles. The van der Waals surface area contributed by atoms with Gasteiger partial charge in [-0.1, -0.05) is 12.1 Å². The molecule has 0 aliphatic rings. The Bertz CT molecular complexity index is 538. The maximum atomic E-state index is 13.6. The lowest BCUT2D eigenvalue weighted by molar-refractivity contribution is 0.416. The summed E-state index contributed by atoms with van der Waals surface area (Å²) in [6, 6.07) is 7.31. The van der Waals surface area contributed by atoms with Gasteiger partial charge in [-0.2, -0.15) is 0 Å². The fourth-order valence-corrected chi connectivity index (χ4v) is 2.85. The van der Waals surface area contributed by atoms with Gasteiger partial charge in [0.05, 0.1) is 13.2 Å². The highest BCUT2D eigenvalue weighted by molar-refractivity contribution is 7.10. The summed E-state index contributed by atoms with van der Waals surface area (Å²) < 4.78 is 18.8. The van der Waals surface area contributed by atoms with Crippen molar-refractivity contribution in [2.24, 2.45) is 0 Å². The van der Waals surface area contributed by atoms with Crippen LogP contribution < -0.4 is 10.1 Å². The first-order chi connectivity index (χ1) is 8.65. The zero-order chi connectivity index (χ0) is 13.1. The van der Waals surface area contributed by atoms with Crippen LogP contribution in [0.2, 0.25) is 0 Å². The lowest BCUT2D eigenvalue weighted by Gasteiger charge is -2.15. The Morgan fingerprint density at radius 1 is 1.33 bits per heavy atom. The van der Waals surface area contributed by atoms with E-state index in [0.717, 1.165) is 16.2 Å². The number of methoxy groups -OCH3 is 1. The summed E-state index contributed by atoms with van der Waals surface area (Å²) in [4.78, 5) is 1.11. The zero-order valence-electron chi connectivity index (χ0n) is 10.7. The van der Waals surface area contributed by atoms with Gasteiger partial charge in [0.25, 0.3) is 0 Å². The number of benzene rings is 1. The fraction of sp³-hybridized carbons (Fsp3) is 0.286. The lowest BCUT2D eigenvalue weighted by atomic mass is 10.0. The quantitative estimate of drug-likeness (QED) is 0.913. The fourth-order valence-electron chi connectivity index (χ4n) is 1.85. The largest absolute Gasteiger partial charge is 0.496 e. The maximum absolute atomic E-state index is 13.6. The van der Waals surface area contributed by atoms with Gasteiger partial charge in [-0.3, -0.25) is 0 Å². The van der Waals surface area contributed by atoms with Gasteiger partial charge in [-0.05, 0) is 37.2 Å². The van der Waals surface area contributed by atoms with Crippen molar-refractivity contribution in [2.75, 3.05) is 14.2 Å². The molecule has 96 valence electrons. The van der Waals surface area contributed by atoms with Gasteiger partial charge in [-0.15, -0.1) is 11.3 Å². The Hall–Kier alpha value is -1.39. The second-order valence-electron chi connectivity index (χ2n) is 4.12. The van der Waals surface area contributed by atoms with Gasteiger partial charge in [-0.25, -0.2) is 4.39 Å². The Morgan fingerprint density at radius 3 is 2.67 bits per heavy atom. The van der Waals surface area contributed by atoms with Crippen LogP contribution in [0, 0.1) is 12.7 Å². The van der Waals surface area contributed by atoms with Crippen molar-refractivity contribution < 1.29 is 9.13 Å². The number of rotatable bonds is 4. The normalized spacial score (nSPS) is 12.4. The summed E-state index contributed by atoms with van der Waals surface area (Å²) in [7, 11) is 3.51. The van der Waals surface area contributed by atoms with Crippen LogP contribution in [0.3, 0.4) is 0 Å². The molecule has 4 heteroatoms. The van der Waals surface area contributed by atoms with Crippen molar-refractivity contribution in [1.82, 2.24) is 5.32 Å². The first-order valence-corrected chi connectivity index (χ1v) is 6.59. The second-order valence-corrected chi connectivity index (χ2v) is 5.06. The molecular formula is C14H16FNOS. The minimum atomic E-state index is -0.170. The molecule has 1 aromatic heterocycles. The van der Waals surface area contributed by atoms with E-state index in [-0.39, 0.29) is 11.9 Å². The van der Waals surface area contributed by atoms with Crippen LogP contribution >= 0.6 is 11.3 Å². The SMILES string of the molecule is CNC(c1ccc(C)c(F)c1)c1cc(OC)cs1. The molecule has 0 radical (unpaired) electrons. The molecule has 0 saturated heterocycles. The Kier molecular flexibility index (Phi) is 3.99. The molecule has 1 atom stereocenters. The standard InChI is InChI=1S/C14H16FNOS/c1-9-4-5-10(6-12(9)15)14(16-2)13-7-11(17-3)8-18-13/h4-8,14,16H,1-3H3. The number of hydrogen-bond acceptors (Lipinski definition) is 3. The second kappa shape index (κ2) is 5.50. The van der Waals surface area contributed by atoms with Crippen LogP contribution in [0.25, 0.3) is 0 Å². The number of halogens is 1. The average Bonchev–Trinajstić information content (AvgIpc) is 2.83. The third-order valence-corrected chi connectivity index (χ3v) is 3.91. The summed E-state index contributed by atoms with van der Waals surface area (Å²) in [5.74, 6) is 0.666. The predicted octanol–water partition coefficient (Wildman–Crippen LogP) is 3.51. The van der Waals surface area contributed by atoms with Gasteiger partial charge in [0, 0.05) is 10.3 Å². The van der Waals surface area contributed by atoms with Crippen molar-refractivity contribution in [1.29, 1.82) is 0 Å². The number of ether oxygens (including phenoxy) is 1. The van der Waals surface area contributed by atoms with E-state index in [1.54, 1.807) is 37.5 Å². The molecule has 1 aromatic carbocycles. The third-order valence-electron chi connectivity index (χ3n) is 2.93. The molecule has 0 fully saturated rings. The van der Waals surface area contributed by atoms with Gasteiger partial charge in [0.1, 0.15) is 11.6 Å². The highest BCUT2D eigenvalue weighted by Gasteiger charge is 2.15. The van der Waals surface area contributed by atoms with Crippen LogP contribution in [-0.2, 0) is 0 Å². The highest BCUT2D eigenvalue weighted by atomic mass is 32.1. The van der Waals surface area contributed by atoms with Gasteiger partial charge in [0.2, 0.25) is 0 Å². The zero-order valence-corrected chi connectivity index (χ0v) is 11.5. The summed E-state index contributed by atoms with van der Waals surface area (Å²) >= 11 is 1.60. The van der Waals surface area contributed by atoms with Gasteiger partial charge >= 0.3 is 0 Å². The number of hydrogen-bond donors (Lipinski definition) is 1. The van der Waals surface area contributed by atoms with E-state index in [9.17, 15) is 4.39 Å². The summed E-state index contributed by atoms with van der Waals surface area (Å²) in [5, 5.41) is 5.16. The predicted molar refractivity (Wildman–Crippen MR) is 72.9 cm³/mol. The summed E-state index contributed by atoms with van der Waals surface area (Å²) in [6.07, 6.45) is 0. The first kappa shape index (κ1) is 13.1. The smallest absolute Gasteiger partial charge is 0.129 e. The lowest BCUT2D eigenvalue weighted by Crippen LogP contribution is -2.16. The summed E-state index contributed by atoms with van der Waals surface area (Å²) in [6.45, 7) is 1.77. The van der Waals surface area contributed by atoms with E-state index in [1.807, 2.05) is 24.6 Å². The monoisotopic (exact) mass is 265 g/mol. The van der Waals surface area contributed by atoms with Crippen LogP contribution in [0.4, 0.5) is 4.39 Å². The van der Waals surface area contributed by atoms with Crippen molar-refractivity contribution in [3.8, 4) is 5.75 Å². The Morgan fingerprint density at radius 2 is 2.11 bits per heavy atom. The van der Waals surface area contributed by atoms with E-state index in [2.05, 4.69) is 5.32 Å². The molecular weight excluding hydrogens is 249 g/mol. The molecule has 0 spiro atoms. The first-order valence-electron chi connectivity index (χ1n) is 5.71. The molecule has 0 saturated carbocycles. The van der Waals surface area contributed by atoms with Crippen LogP contribution in [0.5, 0.6) is 5.75 Å². The molecule has 0 aliphatic heterocycles. The van der Waals surface area contributed by atoms with E-state index < -0.39 is 0 Å². The van der Waals surface area contributed by atoms with Crippen LogP contribution in [-0.4, -0.2) is 14.2 Å². The molecule has 0 aliphatic carbocycles. The van der Waals surface area contributed by atoms with E-state index in [4.69, 9.17) is 4.74 Å². The Balaban J connectivity index is 2.35. The molecule has 2 rings (SSSR count). The van der Waals surface area contributed by atoms with Crippen molar-refractivity contribution >= 4 is 11.3 Å².